The predicted octanol–water partition coefficient (Wildman–Crippen LogP) is 2.40. The first kappa shape index (κ1) is 11.5. The molecule has 0 saturated carbocycles. The van der Waals surface area contributed by atoms with E-state index in [4.69, 9.17) is 10.5 Å². The van der Waals surface area contributed by atoms with Crippen LogP contribution < -0.4 is 5.73 Å². The topological polar surface area (TPSA) is 35.2 Å². The van der Waals surface area contributed by atoms with E-state index in [1.807, 2.05) is 12.2 Å². The first-order valence-corrected chi connectivity index (χ1v) is 4.97. The second-order valence-corrected chi connectivity index (χ2v) is 3.27. The van der Waals surface area contributed by atoms with Crippen molar-refractivity contribution < 1.29 is 4.74 Å². The summed E-state index contributed by atoms with van der Waals surface area (Å²) in [6.07, 6.45) is 8.30. The molecule has 0 bridgehead atoms. The number of hydrogen-bond donors (Lipinski definition) is 1. The molecule has 80 valence electrons. The Morgan fingerprint density at radius 2 is 1.80 bits per heavy atom. The van der Waals surface area contributed by atoms with Gasteiger partial charge in [-0.1, -0.05) is 36.4 Å². The summed E-state index contributed by atoms with van der Waals surface area (Å²) in [7, 11) is 1.70. The molecular formula is C13H17NO. The Balaban J connectivity index is 2.49. The molecule has 0 unspecified atom stereocenters. The van der Waals surface area contributed by atoms with E-state index in [2.05, 4.69) is 30.3 Å². The molecule has 0 aliphatic carbocycles. The van der Waals surface area contributed by atoms with E-state index in [-0.39, 0.29) is 0 Å². The number of allylic oxidation sites excluding steroid dienone is 3. The normalized spacial score (nSPS) is 11.5. The number of ether oxygens (including phenoxy) is 1. The fourth-order valence-electron chi connectivity index (χ4n) is 1.29. The third-order valence-corrected chi connectivity index (χ3v) is 2.05. The lowest BCUT2D eigenvalue weighted by Crippen LogP contribution is -1.88. The van der Waals surface area contributed by atoms with Crippen LogP contribution in [-0.2, 0) is 17.8 Å². The van der Waals surface area contributed by atoms with E-state index in [1.165, 1.54) is 17.3 Å². The van der Waals surface area contributed by atoms with E-state index in [1.54, 1.807) is 7.11 Å². The molecule has 0 aromatic heterocycles. The minimum atomic E-state index is 0.673. The van der Waals surface area contributed by atoms with Gasteiger partial charge < -0.3 is 10.5 Å². The van der Waals surface area contributed by atoms with Gasteiger partial charge in [0.05, 0.1) is 6.61 Å². The van der Waals surface area contributed by atoms with Crippen LogP contribution in [0.4, 0.5) is 0 Å². The van der Waals surface area contributed by atoms with Crippen LogP contribution in [0.2, 0.25) is 0 Å². The van der Waals surface area contributed by atoms with Crippen LogP contribution in [0.15, 0.2) is 48.7 Å². The van der Waals surface area contributed by atoms with Crippen LogP contribution in [0.3, 0.4) is 0 Å². The van der Waals surface area contributed by atoms with Gasteiger partial charge in [0.15, 0.2) is 0 Å². The van der Waals surface area contributed by atoms with Gasteiger partial charge in [0.25, 0.3) is 0 Å². The van der Waals surface area contributed by atoms with Crippen molar-refractivity contribution >= 4 is 0 Å². The molecule has 1 rings (SSSR count). The lowest BCUT2D eigenvalue weighted by Gasteiger charge is -2.00. The van der Waals surface area contributed by atoms with Crippen molar-refractivity contribution in [3.63, 3.8) is 0 Å². The second kappa shape index (κ2) is 6.85. The smallest absolute Gasteiger partial charge is 0.0713 e. The maximum atomic E-state index is 5.22. The zero-order chi connectivity index (χ0) is 10.9. The quantitative estimate of drug-likeness (QED) is 0.746. The fraction of sp³-hybridized carbons (Fsp3) is 0.231. The first-order chi connectivity index (χ1) is 7.36. The molecular weight excluding hydrogens is 186 g/mol. The van der Waals surface area contributed by atoms with Gasteiger partial charge in [-0.05, 0) is 29.8 Å². The molecule has 15 heavy (non-hydrogen) atoms. The number of benzene rings is 1. The van der Waals surface area contributed by atoms with Crippen LogP contribution in [0.25, 0.3) is 0 Å². The van der Waals surface area contributed by atoms with Gasteiger partial charge in [0.1, 0.15) is 0 Å². The highest BCUT2D eigenvalue weighted by Crippen LogP contribution is 2.06. The fourth-order valence-corrected chi connectivity index (χ4v) is 1.29. The molecule has 1 aromatic rings. The van der Waals surface area contributed by atoms with E-state index < -0.39 is 0 Å². The van der Waals surface area contributed by atoms with Crippen molar-refractivity contribution in [3.8, 4) is 0 Å². The van der Waals surface area contributed by atoms with Crippen molar-refractivity contribution in [2.24, 2.45) is 5.73 Å². The first-order valence-electron chi connectivity index (χ1n) is 4.97. The summed E-state index contributed by atoms with van der Waals surface area (Å²) in [6, 6.07) is 8.41. The molecule has 2 N–H and O–H groups in total. The molecule has 0 amide bonds. The zero-order valence-corrected chi connectivity index (χ0v) is 9.02. The average molecular weight is 203 g/mol. The number of rotatable bonds is 5. The SMILES string of the molecule is COCc1ccc(C/C=C\C=C/N)cc1. The van der Waals surface area contributed by atoms with E-state index in [0.717, 1.165) is 6.42 Å². The minimum absolute atomic E-state index is 0.673. The van der Waals surface area contributed by atoms with Crippen LogP contribution in [0.5, 0.6) is 0 Å². The molecule has 0 atom stereocenters. The zero-order valence-electron chi connectivity index (χ0n) is 9.02. The Hall–Kier alpha value is -1.54. The maximum absolute atomic E-state index is 5.22. The Morgan fingerprint density at radius 3 is 2.40 bits per heavy atom. The van der Waals surface area contributed by atoms with Gasteiger partial charge in [-0.25, -0.2) is 0 Å². The molecule has 0 saturated heterocycles. The summed E-state index contributed by atoms with van der Waals surface area (Å²) >= 11 is 0. The van der Waals surface area contributed by atoms with Crippen molar-refractivity contribution in [2.75, 3.05) is 7.11 Å². The van der Waals surface area contributed by atoms with Gasteiger partial charge >= 0.3 is 0 Å². The second-order valence-electron chi connectivity index (χ2n) is 3.27. The Morgan fingerprint density at radius 1 is 1.13 bits per heavy atom. The average Bonchev–Trinajstić information content (AvgIpc) is 2.27. The molecule has 0 radical (unpaired) electrons. The molecule has 0 aliphatic heterocycles. The highest BCUT2D eigenvalue weighted by Gasteiger charge is 1.92. The van der Waals surface area contributed by atoms with E-state index in [9.17, 15) is 0 Å². The van der Waals surface area contributed by atoms with E-state index >= 15 is 0 Å². The summed E-state index contributed by atoms with van der Waals surface area (Å²) < 4.78 is 5.04. The Bertz CT molecular complexity index is 325. The van der Waals surface area contributed by atoms with Gasteiger partial charge in [-0.15, -0.1) is 0 Å². The molecule has 2 nitrogen and oxygen atoms in total. The summed E-state index contributed by atoms with van der Waals surface area (Å²) in [5.74, 6) is 0. The summed E-state index contributed by atoms with van der Waals surface area (Å²) in [5.41, 5.74) is 7.70. The molecule has 0 aliphatic rings. The summed E-state index contributed by atoms with van der Waals surface area (Å²) in [4.78, 5) is 0. The lowest BCUT2D eigenvalue weighted by molar-refractivity contribution is 0.185. The van der Waals surface area contributed by atoms with E-state index in [0.29, 0.717) is 6.61 Å². The monoisotopic (exact) mass is 203 g/mol. The molecule has 2 heteroatoms. The van der Waals surface area contributed by atoms with Gasteiger partial charge in [-0.3, -0.25) is 0 Å². The number of nitrogens with two attached hydrogens (primary N) is 1. The molecule has 0 spiro atoms. The molecule has 1 aromatic carbocycles. The Kier molecular flexibility index (Phi) is 5.26. The van der Waals surface area contributed by atoms with Crippen LogP contribution in [-0.4, -0.2) is 7.11 Å². The van der Waals surface area contributed by atoms with Crippen LogP contribution in [0, 0.1) is 0 Å². The third kappa shape index (κ3) is 4.47. The predicted molar refractivity (Wildman–Crippen MR) is 63.3 cm³/mol. The number of hydrogen-bond acceptors (Lipinski definition) is 2. The lowest BCUT2D eigenvalue weighted by atomic mass is 10.1. The standard InChI is InChI=1S/C13H17NO/c1-15-11-13-8-6-12(7-9-13)5-3-2-4-10-14/h2-4,6-10H,5,11,14H2,1H3/b3-2-,10-4-. The van der Waals surface area contributed by atoms with Crippen LogP contribution in [0.1, 0.15) is 11.1 Å². The highest BCUT2D eigenvalue weighted by atomic mass is 16.5. The Labute approximate surface area is 91.1 Å². The van der Waals surface area contributed by atoms with Crippen LogP contribution >= 0.6 is 0 Å². The van der Waals surface area contributed by atoms with Crippen molar-refractivity contribution in [1.29, 1.82) is 0 Å². The maximum Gasteiger partial charge on any atom is 0.0713 e. The largest absolute Gasteiger partial charge is 0.405 e. The third-order valence-electron chi connectivity index (χ3n) is 2.05. The highest BCUT2D eigenvalue weighted by molar-refractivity contribution is 5.24. The molecule has 0 fully saturated rings. The van der Waals surface area contributed by atoms with Crippen molar-refractivity contribution in [2.45, 2.75) is 13.0 Å². The molecule has 0 heterocycles. The summed E-state index contributed by atoms with van der Waals surface area (Å²) in [6.45, 7) is 0.673. The number of methoxy groups -OCH3 is 1. The van der Waals surface area contributed by atoms with Gasteiger partial charge in [-0.2, -0.15) is 0 Å². The van der Waals surface area contributed by atoms with Crippen molar-refractivity contribution in [3.05, 3.63) is 59.8 Å². The van der Waals surface area contributed by atoms with Gasteiger partial charge in [0, 0.05) is 7.11 Å². The minimum Gasteiger partial charge on any atom is -0.405 e. The van der Waals surface area contributed by atoms with Crippen molar-refractivity contribution in [1.82, 2.24) is 0 Å². The summed E-state index contributed by atoms with van der Waals surface area (Å²) in [5, 5.41) is 0. The van der Waals surface area contributed by atoms with Gasteiger partial charge in [0.2, 0.25) is 0 Å².